The largest absolute Gasteiger partial charge is 0.479 e. The van der Waals surface area contributed by atoms with Crippen LogP contribution in [0.15, 0.2) is 18.2 Å². The molecule has 0 unspecified atom stereocenters. The van der Waals surface area contributed by atoms with E-state index in [-0.39, 0.29) is 0 Å². The molecule has 3 heteroatoms. The molecule has 1 aromatic carbocycles. The van der Waals surface area contributed by atoms with Crippen molar-refractivity contribution in [2.24, 2.45) is 0 Å². The molecule has 2 aliphatic rings. The molecule has 0 amide bonds. The van der Waals surface area contributed by atoms with Crippen molar-refractivity contribution in [2.45, 2.75) is 57.0 Å². The second kappa shape index (κ2) is 5.24. The second-order valence-corrected chi connectivity index (χ2v) is 5.69. The van der Waals surface area contributed by atoms with Gasteiger partial charge >= 0.3 is 5.97 Å². The van der Waals surface area contributed by atoms with Crippen LogP contribution >= 0.6 is 0 Å². The number of carbonyl (C=O) groups is 1. The third kappa shape index (κ3) is 2.60. The van der Waals surface area contributed by atoms with Crippen LogP contribution in [0, 0.1) is 0 Å². The van der Waals surface area contributed by atoms with Gasteiger partial charge in [0.15, 0.2) is 6.10 Å². The Hall–Kier alpha value is -1.51. The van der Waals surface area contributed by atoms with Crippen LogP contribution in [0.2, 0.25) is 0 Å². The van der Waals surface area contributed by atoms with Gasteiger partial charge < -0.3 is 9.84 Å². The zero-order chi connectivity index (χ0) is 13.2. The van der Waals surface area contributed by atoms with Gasteiger partial charge in [0.2, 0.25) is 0 Å². The summed E-state index contributed by atoms with van der Waals surface area (Å²) in [7, 11) is 0. The normalized spacial score (nSPS) is 23.5. The molecule has 1 N–H and O–H groups in total. The quantitative estimate of drug-likeness (QED) is 0.885. The first kappa shape index (κ1) is 12.5. The highest BCUT2D eigenvalue weighted by Gasteiger charge is 2.26. The van der Waals surface area contributed by atoms with Crippen LogP contribution in [0.4, 0.5) is 0 Å². The van der Waals surface area contributed by atoms with Crippen molar-refractivity contribution >= 4 is 5.97 Å². The van der Waals surface area contributed by atoms with Crippen molar-refractivity contribution in [1.29, 1.82) is 0 Å². The summed E-state index contributed by atoms with van der Waals surface area (Å²) in [5.41, 5.74) is 2.59. The minimum atomic E-state index is -0.859. The summed E-state index contributed by atoms with van der Waals surface area (Å²) < 4.78 is 5.54. The fourth-order valence-electron chi connectivity index (χ4n) is 3.27. The Labute approximate surface area is 113 Å². The van der Waals surface area contributed by atoms with Gasteiger partial charge in [-0.3, -0.25) is 0 Å². The molecule has 0 bridgehead atoms. The average Bonchev–Trinajstić information content (AvgIpc) is 2.47. The Morgan fingerprint density at radius 1 is 1.16 bits per heavy atom. The van der Waals surface area contributed by atoms with E-state index in [9.17, 15) is 4.79 Å². The summed E-state index contributed by atoms with van der Waals surface area (Å²) in [5, 5.41) is 9.00. The highest BCUT2D eigenvalue weighted by atomic mass is 16.5. The van der Waals surface area contributed by atoms with Gasteiger partial charge in [0, 0.05) is 0 Å². The molecule has 19 heavy (non-hydrogen) atoms. The van der Waals surface area contributed by atoms with E-state index >= 15 is 0 Å². The van der Waals surface area contributed by atoms with E-state index in [1.165, 1.54) is 43.2 Å². The number of fused-ring (bicyclic) bond motifs is 1. The standard InChI is InChI=1S/C16H20O3/c17-16(18)15-9-7-13-10-12(6-8-14(13)19-15)11-4-2-1-3-5-11/h6,8,10-11,15H,1-5,7,9H2,(H,17,18)/t15-/m0/s1. The van der Waals surface area contributed by atoms with Crippen LogP contribution in [-0.4, -0.2) is 17.2 Å². The van der Waals surface area contributed by atoms with Crippen molar-refractivity contribution < 1.29 is 14.6 Å². The minimum absolute atomic E-state index is 0.580. The Morgan fingerprint density at radius 3 is 2.68 bits per heavy atom. The van der Waals surface area contributed by atoms with Gasteiger partial charge in [0.1, 0.15) is 5.75 Å². The predicted octanol–water partition coefficient (Wildman–Crippen LogP) is 3.51. The zero-order valence-electron chi connectivity index (χ0n) is 11.1. The molecule has 0 saturated heterocycles. The third-order valence-corrected chi connectivity index (χ3v) is 4.38. The maximum atomic E-state index is 11.0. The molecule has 1 fully saturated rings. The lowest BCUT2D eigenvalue weighted by molar-refractivity contribution is -0.145. The van der Waals surface area contributed by atoms with Crippen LogP contribution in [0.3, 0.4) is 0 Å². The number of rotatable bonds is 2. The van der Waals surface area contributed by atoms with Crippen molar-refractivity contribution in [3.63, 3.8) is 0 Å². The molecule has 3 nitrogen and oxygen atoms in total. The molecule has 1 heterocycles. The predicted molar refractivity (Wildman–Crippen MR) is 72.6 cm³/mol. The third-order valence-electron chi connectivity index (χ3n) is 4.38. The summed E-state index contributed by atoms with van der Waals surface area (Å²) >= 11 is 0. The number of carboxylic acid groups (broad SMARTS) is 1. The van der Waals surface area contributed by atoms with Crippen LogP contribution < -0.4 is 4.74 Å². The average molecular weight is 260 g/mol. The Morgan fingerprint density at radius 2 is 1.95 bits per heavy atom. The first-order valence-electron chi connectivity index (χ1n) is 7.26. The summed E-state index contributed by atoms with van der Waals surface area (Å²) in [6.07, 6.45) is 7.33. The highest BCUT2D eigenvalue weighted by Crippen LogP contribution is 2.36. The van der Waals surface area contributed by atoms with Gasteiger partial charge in [-0.1, -0.05) is 31.4 Å². The monoisotopic (exact) mass is 260 g/mol. The molecule has 1 aromatic rings. The van der Waals surface area contributed by atoms with Crippen molar-refractivity contribution in [2.75, 3.05) is 0 Å². The summed E-state index contributed by atoms with van der Waals surface area (Å²) in [5.74, 6) is 0.594. The van der Waals surface area contributed by atoms with Gasteiger partial charge in [-0.25, -0.2) is 4.79 Å². The van der Waals surface area contributed by atoms with Gasteiger partial charge in [0.25, 0.3) is 0 Å². The van der Waals surface area contributed by atoms with Gasteiger partial charge in [-0.15, -0.1) is 0 Å². The van der Waals surface area contributed by atoms with E-state index in [0.717, 1.165) is 12.2 Å². The Bertz CT molecular complexity index is 475. The number of aliphatic carboxylic acids is 1. The number of ether oxygens (including phenoxy) is 1. The molecule has 3 rings (SSSR count). The van der Waals surface area contributed by atoms with Gasteiger partial charge in [0.05, 0.1) is 0 Å². The molecular weight excluding hydrogens is 240 g/mol. The fourth-order valence-corrected chi connectivity index (χ4v) is 3.27. The maximum Gasteiger partial charge on any atom is 0.344 e. The van der Waals surface area contributed by atoms with E-state index in [4.69, 9.17) is 9.84 Å². The molecule has 0 aromatic heterocycles. The van der Waals surface area contributed by atoms with Gasteiger partial charge in [-0.2, -0.15) is 0 Å². The number of carboxylic acids is 1. The first-order valence-corrected chi connectivity index (χ1v) is 7.26. The highest BCUT2D eigenvalue weighted by molar-refractivity contribution is 5.73. The SMILES string of the molecule is O=C(O)[C@@H]1CCc2cc(C3CCCCC3)ccc2O1. The molecular formula is C16H20O3. The summed E-state index contributed by atoms with van der Waals surface area (Å²) in [4.78, 5) is 11.0. The van der Waals surface area contributed by atoms with Crippen molar-refractivity contribution in [3.05, 3.63) is 29.3 Å². The van der Waals surface area contributed by atoms with E-state index in [0.29, 0.717) is 12.3 Å². The maximum absolute atomic E-state index is 11.0. The van der Waals surface area contributed by atoms with Crippen molar-refractivity contribution in [3.8, 4) is 5.75 Å². The van der Waals surface area contributed by atoms with E-state index in [1.54, 1.807) is 0 Å². The van der Waals surface area contributed by atoms with Crippen LogP contribution in [0.25, 0.3) is 0 Å². The molecule has 1 saturated carbocycles. The summed E-state index contributed by atoms with van der Waals surface area (Å²) in [6, 6.07) is 6.33. The van der Waals surface area contributed by atoms with E-state index < -0.39 is 12.1 Å². The first-order chi connectivity index (χ1) is 9.24. The lowest BCUT2D eigenvalue weighted by atomic mass is 9.83. The van der Waals surface area contributed by atoms with Gasteiger partial charge in [-0.05, 0) is 48.8 Å². The van der Waals surface area contributed by atoms with Crippen LogP contribution in [-0.2, 0) is 11.2 Å². The van der Waals surface area contributed by atoms with Crippen molar-refractivity contribution in [1.82, 2.24) is 0 Å². The molecule has 102 valence electrons. The van der Waals surface area contributed by atoms with E-state index in [1.807, 2.05) is 6.07 Å². The van der Waals surface area contributed by atoms with E-state index in [2.05, 4.69) is 12.1 Å². The van der Waals surface area contributed by atoms with Crippen LogP contribution in [0.5, 0.6) is 5.75 Å². The Kier molecular flexibility index (Phi) is 3.45. The van der Waals surface area contributed by atoms with Crippen LogP contribution in [0.1, 0.15) is 55.6 Å². The molecule has 0 radical (unpaired) electrons. The topological polar surface area (TPSA) is 46.5 Å². The lowest BCUT2D eigenvalue weighted by Gasteiger charge is -2.26. The number of aryl methyl sites for hydroxylation is 1. The Balaban J connectivity index is 1.79. The minimum Gasteiger partial charge on any atom is -0.479 e. The number of hydrogen-bond donors (Lipinski definition) is 1. The fraction of sp³-hybridized carbons (Fsp3) is 0.562. The molecule has 1 atom stereocenters. The number of hydrogen-bond acceptors (Lipinski definition) is 2. The molecule has 1 aliphatic heterocycles. The summed E-state index contributed by atoms with van der Waals surface area (Å²) in [6.45, 7) is 0. The molecule has 1 aliphatic carbocycles. The number of benzene rings is 1. The second-order valence-electron chi connectivity index (χ2n) is 5.69. The molecule has 0 spiro atoms. The zero-order valence-corrected chi connectivity index (χ0v) is 11.1. The lowest BCUT2D eigenvalue weighted by Crippen LogP contribution is -2.30. The smallest absolute Gasteiger partial charge is 0.344 e.